The van der Waals surface area contributed by atoms with E-state index in [9.17, 15) is 19.2 Å². The summed E-state index contributed by atoms with van der Waals surface area (Å²) in [6, 6.07) is 14.5. The van der Waals surface area contributed by atoms with Gasteiger partial charge in [-0.25, -0.2) is 9.59 Å². The van der Waals surface area contributed by atoms with E-state index in [0.717, 1.165) is 11.1 Å². The predicted octanol–water partition coefficient (Wildman–Crippen LogP) is 5.54. The maximum atomic E-state index is 14.3. The van der Waals surface area contributed by atoms with Gasteiger partial charge in [-0.15, -0.1) is 0 Å². The van der Waals surface area contributed by atoms with E-state index in [2.05, 4.69) is 11.9 Å². The monoisotopic (exact) mass is 610 g/mol. The Kier molecular flexibility index (Phi) is 14.4. The fraction of sp³-hybridized carbons (Fsp3) is 0.471. The van der Waals surface area contributed by atoms with Crippen LogP contribution in [-0.4, -0.2) is 64.8 Å². The molecule has 0 aliphatic heterocycles. The fourth-order valence-corrected chi connectivity index (χ4v) is 4.32. The smallest absolute Gasteiger partial charge is 0.408 e. The number of hydrogen-bond acceptors (Lipinski definition) is 7. The predicted molar refractivity (Wildman–Crippen MR) is 167 cm³/mol. The molecule has 0 bridgehead atoms. The van der Waals surface area contributed by atoms with Crippen molar-refractivity contribution >= 4 is 23.9 Å². The van der Waals surface area contributed by atoms with Crippen molar-refractivity contribution in [3.63, 3.8) is 0 Å². The highest BCUT2D eigenvalue weighted by molar-refractivity contribution is 5.90. The molecule has 240 valence electrons. The van der Waals surface area contributed by atoms with Gasteiger partial charge in [-0.05, 0) is 62.8 Å². The van der Waals surface area contributed by atoms with Crippen LogP contribution in [0.15, 0.2) is 67.3 Å². The lowest BCUT2D eigenvalue weighted by molar-refractivity contribution is -0.156. The first-order valence-corrected chi connectivity index (χ1v) is 14.9. The molecule has 0 heterocycles. The molecule has 2 aromatic carbocycles. The summed E-state index contributed by atoms with van der Waals surface area (Å²) in [6.07, 6.45) is 2.13. The van der Waals surface area contributed by atoms with Gasteiger partial charge in [0.05, 0.1) is 6.61 Å². The maximum Gasteiger partial charge on any atom is 0.408 e. The Bertz CT molecular complexity index is 1220. The van der Waals surface area contributed by atoms with E-state index in [-0.39, 0.29) is 31.9 Å². The van der Waals surface area contributed by atoms with Crippen molar-refractivity contribution in [2.45, 2.75) is 84.5 Å². The Labute approximate surface area is 260 Å². The van der Waals surface area contributed by atoms with E-state index in [0.29, 0.717) is 25.2 Å². The first-order chi connectivity index (χ1) is 20.8. The van der Waals surface area contributed by atoms with Crippen LogP contribution >= 0.6 is 0 Å². The number of amides is 2. The maximum absolute atomic E-state index is 14.3. The second-order valence-electron chi connectivity index (χ2n) is 11.8. The molecule has 0 aliphatic carbocycles. The number of alkyl carbamates (subject to hydrolysis) is 1. The first-order valence-electron chi connectivity index (χ1n) is 14.9. The molecule has 2 aromatic rings. The fourth-order valence-electron chi connectivity index (χ4n) is 4.32. The Morgan fingerprint density at radius 2 is 1.64 bits per heavy atom. The van der Waals surface area contributed by atoms with Gasteiger partial charge in [0, 0.05) is 19.4 Å². The summed E-state index contributed by atoms with van der Waals surface area (Å²) in [7, 11) is 0. The molecule has 0 fully saturated rings. The molecule has 2 atom stereocenters. The summed E-state index contributed by atoms with van der Waals surface area (Å²) in [4.78, 5) is 52.7. The highest BCUT2D eigenvalue weighted by Crippen LogP contribution is 2.21. The number of benzene rings is 2. The number of carbonyl (C=O) groups excluding carboxylic acids is 3. The number of carboxylic acids is 1. The molecule has 0 radical (unpaired) electrons. The van der Waals surface area contributed by atoms with Crippen LogP contribution in [-0.2, 0) is 36.8 Å². The van der Waals surface area contributed by atoms with E-state index in [4.69, 9.17) is 19.3 Å². The van der Waals surface area contributed by atoms with Gasteiger partial charge in [0.15, 0.2) is 0 Å². The second kappa shape index (κ2) is 17.7. The minimum absolute atomic E-state index is 0.0194. The number of hydrogen-bond donors (Lipinski definition) is 2. The highest BCUT2D eigenvalue weighted by atomic mass is 16.6. The van der Waals surface area contributed by atoms with Crippen LogP contribution < -0.4 is 10.1 Å². The second-order valence-corrected chi connectivity index (χ2v) is 11.8. The van der Waals surface area contributed by atoms with E-state index >= 15 is 0 Å². The van der Waals surface area contributed by atoms with Crippen LogP contribution in [0.4, 0.5) is 4.79 Å². The number of esters is 1. The molecule has 0 saturated heterocycles. The van der Waals surface area contributed by atoms with Gasteiger partial charge >= 0.3 is 18.0 Å². The Balaban J connectivity index is 2.40. The third-order valence-corrected chi connectivity index (χ3v) is 6.48. The van der Waals surface area contributed by atoms with Gasteiger partial charge in [0.1, 0.15) is 30.0 Å². The number of unbranched alkanes of at least 4 members (excludes halogenated alkanes) is 1. The highest BCUT2D eigenvalue weighted by Gasteiger charge is 2.37. The molecule has 0 aliphatic rings. The van der Waals surface area contributed by atoms with Gasteiger partial charge in [0.2, 0.25) is 5.91 Å². The molecular formula is C34H46N2O8. The molecule has 0 spiro atoms. The standard InChI is InChI=1S/C34H46N2O8/c1-7-20-43-32(40)28(22-25-13-9-8-10-14-25)36(31(39)30(24(2)3)35-33(41)44-34(4,5)6)23-26-16-18-27(19-17-26)42-21-12-11-15-29(37)38/h7-10,13-14,16-19,24,28,30H,1,11-12,15,20-23H2,2-6H3,(H,35,41)(H,37,38)/t28-,30-/m0/s1. The normalized spacial score (nSPS) is 12.5. The van der Waals surface area contributed by atoms with E-state index in [1.165, 1.54) is 11.0 Å². The molecule has 0 aromatic heterocycles. The van der Waals surface area contributed by atoms with Gasteiger partial charge in [0.25, 0.3) is 0 Å². The topological polar surface area (TPSA) is 131 Å². The zero-order valence-electron chi connectivity index (χ0n) is 26.4. The summed E-state index contributed by atoms with van der Waals surface area (Å²) in [6.45, 7) is 12.9. The zero-order valence-corrected chi connectivity index (χ0v) is 26.4. The van der Waals surface area contributed by atoms with Crippen LogP contribution in [0.25, 0.3) is 0 Å². The van der Waals surface area contributed by atoms with Crippen LogP contribution in [0.1, 0.15) is 65.0 Å². The van der Waals surface area contributed by atoms with Crippen molar-refractivity contribution < 1.29 is 38.5 Å². The zero-order chi connectivity index (χ0) is 32.7. The summed E-state index contributed by atoms with van der Waals surface area (Å²) in [5.41, 5.74) is 0.795. The van der Waals surface area contributed by atoms with Crippen molar-refractivity contribution in [3.05, 3.63) is 78.4 Å². The number of carbonyl (C=O) groups is 4. The van der Waals surface area contributed by atoms with E-state index < -0.39 is 41.6 Å². The van der Waals surface area contributed by atoms with Gasteiger partial charge < -0.3 is 29.5 Å². The van der Waals surface area contributed by atoms with E-state index in [1.54, 1.807) is 45.0 Å². The third kappa shape index (κ3) is 12.9. The van der Waals surface area contributed by atoms with Gasteiger partial charge in [-0.1, -0.05) is 69.0 Å². The molecule has 0 unspecified atom stereocenters. The molecule has 0 saturated carbocycles. The lowest BCUT2D eigenvalue weighted by atomic mass is 9.98. The van der Waals surface area contributed by atoms with Crippen molar-refractivity contribution in [2.75, 3.05) is 13.2 Å². The number of rotatable bonds is 17. The van der Waals surface area contributed by atoms with Crippen LogP contribution in [0.3, 0.4) is 0 Å². The van der Waals surface area contributed by atoms with Crippen LogP contribution in [0.2, 0.25) is 0 Å². The summed E-state index contributed by atoms with van der Waals surface area (Å²) in [5.74, 6) is -1.62. The summed E-state index contributed by atoms with van der Waals surface area (Å²) >= 11 is 0. The number of nitrogens with zero attached hydrogens (tertiary/aromatic N) is 1. The Hall–Kier alpha value is -4.34. The SMILES string of the molecule is C=CCOC(=O)[C@H](Cc1ccccc1)N(Cc1ccc(OCCCCC(=O)O)cc1)C(=O)[C@@H](NC(=O)OC(C)(C)C)C(C)C. The van der Waals surface area contributed by atoms with Gasteiger partial charge in [-0.2, -0.15) is 0 Å². The molecule has 2 amide bonds. The number of aliphatic carboxylic acids is 1. The van der Waals surface area contributed by atoms with Crippen LogP contribution in [0, 0.1) is 5.92 Å². The molecule has 2 N–H and O–H groups in total. The number of nitrogens with one attached hydrogen (secondary N) is 1. The number of ether oxygens (including phenoxy) is 3. The number of carboxylic acid groups (broad SMARTS) is 1. The largest absolute Gasteiger partial charge is 0.494 e. The van der Waals surface area contributed by atoms with Crippen molar-refractivity contribution in [1.29, 1.82) is 0 Å². The van der Waals surface area contributed by atoms with Crippen LogP contribution in [0.5, 0.6) is 5.75 Å². The third-order valence-electron chi connectivity index (χ3n) is 6.48. The van der Waals surface area contributed by atoms with Crippen molar-refractivity contribution in [2.24, 2.45) is 5.92 Å². The summed E-state index contributed by atoms with van der Waals surface area (Å²) < 4.78 is 16.6. The first kappa shape index (κ1) is 35.9. The molecule has 10 nitrogen and oxygen atoms in total. The quantitative estimate of drug-likeness (QED) is 0.136. The molecule has 10 heteroatoms. The summed E-state index contributed by atoms with van der Waals surface area (Å²) in [5, 5.41) is 11.5. The van der Waals surface area contributed by atoms with Gasteiger partial charge in [-0.3, -0.25) is 9.59 Å². The van der Waals surface area contributed by atoms with Crippen molar-refractivity contribution in [1.82, 2.24) is 10.2 Å². The average Bonchev–Trinajstić information content (AvgIpc) is 2.96. The minimum atomic E-state index is -1.00. The lowest BCUT2D eigenvalue weighted by Crippen LogP contribution is -2.56. The molecule has 2 rings (SSSR count). The molecule has 44 heavy (non-hydrogen) atoms. The van der Waals surface area contributed by atoms with Crippen molar-refractivity contribution in [3.8, 4) is 5.75 Å². The molecular weight excluding hydrogens is 564 g/mol. The minimum Gasteiger partial charge on any atom is -0.494 e. The van der Waals surface area contributed by atoms with E-state index in [1.807, 2.05) is 44.2 Å². The average molecular weight is 611 g/mol. The Morgan fingerprint density at radius 3 is 2.20 bits per heavy atom. The lowest BCUT2D eigenvalue weighted by Gasteiger charge is -2.35. The Morgan fingerprint density at radius 1 is 0.977 bits per heavy atom.